The minimum atomic E-state index is 0.0238. The minimum absolute atomic E-state index is 0.0238. The summed E-state index contributed by atoms with van der Waals surface area (Å²) in [7, 11) is 2.07. The van der Waals surface area contributed by atoms with E-state index >= 15 is 0 Å². The number of amides is 1. The number of hydrogen-bond acceptors (Lipinski definition) is 6. The molecule has 0 N–H and O–H groups in total. The van der Waals surface area contributed by atoms with Crippen molar-refractivity contribution in [2.24, 2.45) is 0 Å². The number of oxazole rings is 1. The molecule has 146 valence electrons. The standard InChI is InChI=1S/C20H24N6O2/c1-15-23-17(14-28-15)12-24(2)19-4-3-9-25(13-19)20(27)16-10-22-26(11-16)18-5-7-21-8-6-18/h5-8,10-11,14,19H,3-4,9,12-13H2,1-2H3. The molecule has 3 aromatic rings. The molecule has 1 amide bonds. The lowest BCUT2D eigenvalue weighted by Gasteiger charge is -2.37. The number of carbonyl (C=O) groups is 1. The van der Waals surface area contributed by atoms with Gasteiger partial charge in [-0.1, -0.05) is 0 Å². The van der Waals surface area contributed by atoms with Crippen molar-refractivity contribution in [2.75, 3.05) is 20.1 Å². The van der Waals surface area contributed by atoms with Gasteiger partial charge in [-0.05, 0) is 32.0 Å². The fourth-order valence-electron chi connectivity index (χ4n) is 3.62. The molecule has 1 atom stereocenters. The Morgan fingerprint density at radius 1 is 1.36 bits per heavy atom. The van der Waals surface area contributed by atoms with E-state index in [9.17, 15) is 4.79 Å². The zero-order valence-electron chi connectivity index (χ0n) is 16.2. The summed E-state index contributed by atoms with van der Waals surface area (Å²) < 4.78 is 7.00. The third-order valence-electron chi connectivity index (χ3n) is 5.14. The molecule has 1 fully saturated rings. The molecule has 0 radical (unpaired) electrons. The fraction of sp³-hybridized carbons (Fsp3) is 0.400. The topological polar surface area (TPSA) is 80.3 Å². The first kappa shape index (κ1) is 18.4. The largest absolute Gasteiger partial charge is 0.449 e. The lowest BCUT2D eigenvalue weighted by molar-refractivity contribution is 0.0601. The second kappa shape index (κ2) is 7.93. The van der Waals surface area contributed by atoms with Gasteiger partial charge in [0.2, 0.25) is 0 Å². The average molecular weight is 380 g/mol. The molecule has 4 rings (SSSR count). The van der Waals surface area contributed by atoms with E-state index in [1.807, 2.05) is 24.0 Å². The van der Waals surface area contributed by atoms with Crippen LogP contribution in [0, 0.1) is 6.92 Å². The highest BCUT2D eigenvalue weighted by atomic mass is 16.3. The van der Waals surface area contributed by atoms with Crippen molar-refractivity contribution in [1.29, 1.82) is 0 Å². The Hall–Kier alpha value is -3.00. The van der Waals surface area contributed by atoms with Gasteiger partial charge in [0, 0.05) is 51.2 Å². The van der Waals surface area contributed by atoms with Gasteiger partial charge in [-0.2, -0.15) is 5.10 Å². The van der Waals surface area contributed by atoms with E-state index in [2.05, 4.69) is 27.0 Å². The predicted octanol–water partition coefficient (Wildman–Crippen LogP) is 2.30. The van der Waals surface area contributed by atoms with Gasteiger partial charge in [0.1, 0.15) is 6.26 Å². The second-order valence-corrected chi connectivity index (χ2v) is 7.20. The van der Waals surface area contributed by atoms with Crippen molar-refractivity contribution in [3.05, 3.63) is 60.3 Å². The molecule has 8 heteroatoms. The molecule has 1 aliphatic rings. The lowest BCUT2D eigenvalue weighted by Crippen LogP contribution is -2.48. The summed E-state index contributed by atoms with van der Waals surface area (Å²) in [6.07, 6.45) is 10.6. The Labute approximate surface area is 163 Å². The van der Waals surface area contributed by atoms with Gasteiger partial charge >= 0.3 is 0 Å². The molecule has 0 aliphatic carbocycles. The number of likely N-dealkylation sites (tertiary alicyclic amines) is 1. The lowest BCUT2D eigenvalue weighted by atomic mass is 10.0. The smallest absolute Gasteiger partial charge is 0.257 e. The summed E-state index contributed by atoms with van der Waals surface area (Å²) in [4.78, 5) is 25.5. The van der Waals surface area contributed by atoms with Crippen LogP contribution in [-0.4, -0.2) is 61.6 Å². The first-order valence-electron chi connectivity index (χ1n) is 9.46. The normalized spacial score (nSPS) is 17.2. The van der Waals surface area contributed by atoms with Crippen molar-refractivity contribution >= 4 is 5.91 Å². The third kappa shape index (κ3) is 3.96. The summed E-state index contributed by atoms with van der Waals surface area (Å²) in [5.74, 6) is 0.700. The number of aryl methyl sites for hydroxylation is 1. The summed E-state index contributed by atoms with van der Waals surface area (Å²) in [6, 6.07) is 4.02. The number of aromatic nitrogens is 4. The van der Waals surface area contributed by atoms with E-state index in [4.69, 9.17) is 4.42 Å². The van der Waals surface area contributed by atoms with Crippen molar-refractivity contribution in [1.82, 2.24) is 29.5 Å². The van der Waals surface area contributed by atoms with Gasteiger partial charge in [-0.25, -0.2) is 9.67 Å². The van der Waals surface area contributed by atoms with Crippen LogP contribution in [-0.2, 0) is 6.54 Å². The predicted molar refractivity (Wildman–Crippen MR) is 103 cm³/mol. The molecule has 3 aromatic heterocycles. The Kier molecular flexibility index (Phi) is 5.21. The van der Waals surface area contributed by atoms with Crippen LogP contribution >= 0.6 is 0 Å². The van der Waals surface area contributed by atoms with Gasteiger partial charge in [0.05, 0.1) is 23.1 Å². The van der Waals surface area contributed by atoms with Crippen LogP contribution in [0.25, 0.3) is 5.69 Å². The van der Waals surface area contributed by atoms with Crippen LogP contribution in [0.4, 0.5) is 0 Å². The molecule has 8 nitrogen and oxygen atoms in total. The van der Waals surface area contributed by atoms with Crippen molar-refractivity contribution in [3.63, 3.8) is 0 Å². The van der Waals surface area contributed by atoms with E-state index in [0.717, 1.165) is 30.8 Å². The maximum atomic E-state index is 13.0. The first-order chi connectivity index (χ1) is 13.6. The molecular weight excluding hydrogens is 356 g/mol. The quantitative estimate of drug-likeness (QED) is 0.676. The van der Waals surface area contributed by atoms with Gasteiger partial charge in [-0.3, -0.25) is 14.7 Å². The molecule has 0 saturated carbocycles. The summed E-state index contributed by atoms with van der Waals surface area (Å²) in [5.41, 5.74) is 2.41. The zero-order valence-corrected chi connectivity index (χ0v) is 16.2. The Balaban J connectivity index is 1.41. The van der Waals surface area contributed by atoms with E-state index in [1.165, 1.54) is 0 Å². The van der Waals surface area contributed by atoms with Crippen LogP contribution in [0.3, 0.4) is 0 Å². The molecule has 1 aliphatic heterocycles. The third-order valence-corrected chi connectivity index (χ3v) is 5.14. The molecule has 1 unspecified atom stereocenters. The number of carbonyl (C=O) groups excluding carboxylic acids is 1. The van der Waals surface area contributed by atoms with Gasteiger partial charge in [0.15, 0.2) is 5.89 Å². The Morgan fingerprint density at radius 2 is 2.18 bits per heavy atom. The monoisotopic (exact) mass is 380 g/mol. The summed E-state index contributed by atoms with van der Waals surface area (Å²) >= 11 is 0. The van der Waals surface area contributed by atoms with E-state index in [-0.39, 0.29) is 5.91 Å². The van der Waals surface area contributed by atoms with Crippen LogP contribution < -0.4 is 0 Å². The molecule has 0 spiro atoms. The summed E-state index contributed by atoms with van der Waals surface area (Å²) in [5, 5.41) is 4.33. The maximum Gasteiger partial charge on any atom is 0.257 e. The number of rotatable bonds is 5. The number of nitrogens with zero attached hydrogens (tertiary/aromatic N) is 6. The molecule has 4 heterocycles. The second-order valence-electron chi connectivity index (χ2n) is 7.20. The number of likely N-dealkylation sites (N-methyl/N-ethyl adjacent to an activating group) is 1. The van der Waals surface area contributed by atoms with E-state index in [0.29, 0.717) is 30.6 Å². The first-order valence-corrected chi connectivity index (χ1v) is 9.46. The summed E-state index contributed by atoms with van der Waals surface area (Å²) in [6.45, 7) is 4.03. The van der Waals surface area contributed by atoms with Crippen molar-refractivity contribution < 1.29 is 9.21 Å². The van der Waals surface area contributed by atoms with Crippen LogP contribution in [0.5, 0.6) is 0 Å². The van der Waals surface area contributed by atoms with Crippen LogP contribution in [0.1, 0.15) is 34.8 Å². The van der Waals surface area contributed by atoms with Gasteiger partial charge in [0.25, 0.3) is 5.91 Å². The molecule has 0 bridgehead atoms. The molecule has 1 saturated heterocycles. The zero-order chi connectivity index (χ0) is 19.5. The van der Waals surface area contributed by atoms with E-state index < -0.39 is 0 Å². The van der Waals surface area contributed by atoms with Crippen molar-refractivity contribution in [3.8, 4) is 5.69 Å². The molecular formula is C20H24N6O2. The number of pyridine rings is 1. The number of piperidine rings is 1. The highest BCUT2D eigenvalue weighted by molar-refractivity contribution is 5.93. The van der Waals surface area contributed by atoms with Gasteiger partial charge < -0.3 is 9.32 Å². The van der Waals surface area contributed by atoms with Crippen LogP contribution in [0.2, 0.25) is 0 Å². The SMILES string of the molecule is Cc1nc(CN(C)C2CCCN(C(=O)c3cnn(-c4ccncc4)c3)C2)co1. The van der Waals surface area contributed by atoms with Gasteiger partial charge in [-0.15, -0.1) is 0 Å². The minimum Gasteiger partial charge on any atom is -0.449 e. The average Bonchev–Trinajstić information content (AvgIpc) is 3.37. The fourth-order valence-corrected chi connectivity index (χ4v) is 3.62. The number of hydrogen-bond donors (Lipinski definition) is 0. The molecule has 0 aromatic carbocycles. The Bertz CT molecular complexity index is 935. The van der Waals surface area contributed by atoms with Crippen LogP contribution in [0.15, 0.2) is 47.6 Å². The Morgan fingerprint density at radius 3 is 2.93 bits per heavy atom. The highest BCUT2D eigenvalue weighted by Gasteiger charge is 2.28. The molecule has 28 heavy (non-hydrogen) atoms. The highest BCUT2D eigenvalue weighted by Crippen LogP contribution is 2.19. The van der Waals surface area contributed by atoms with Crippen molar-refractivity contribution in [2.45, 2.75) is 32.4 Å². The maximum absolute atomic E-state index is 13.0. The van der Waals surface area contributed by atoms with E-state index in [1.54, 1.807) is 35.7 Å².